The van der Waals surface area contributed by atoms with Crippen LogP contribution in [0, 0.1) is 0 Å². The maximum absolute atomic E-state index is 5.34. The highest BCUT2D eigenvalue weighted by molar-refractivity contribution is 9.10. The largest absolute Gasteiger partial charge is 0.497 e. The predicted molar refractivity (Wildman–Crippen MR) is 137 cm³/mol. The standard InChI is InChI=1S/C24H20BrN5OS/c1-31-22-13-11-20(12-14-22)27-24(32)28-26-15-18-16-30(21-5-3-2-4-6-21)29-23(18)17-7-9-19(25)10-8-17/h2-16H,1H3,(H2,27,28,32). The molecule has 0 aliphatic heterocycles. The monoisotopic (exact) mass is 505 g/mol. The Labute approximate surface area is 200 Å². The van der Waals surface area contributed by atoms with E-state index in [0.717, 1.165) is 38.4 Å². The van der Waals surface area contributed by atoms with Crippen molar-refractivity contribution in [3.63, 3.8) is 0 Å². The van der Waals surface area contributed by atoms with Gasteiger partial charge < -0.3 is 10.1 Å². The molecule has 0 spiro atoms. The summed E-state index contributed by atoms with van der Waals surface area (Å²) in [4.78, 5) is 0. The lowest BCUT2D eigenvalue weighted by Crippen LogP contribution is -2.23. The van der Waals surface area contributed by atoms with E-state index < -0.39 is 0 Å². The van der Waals surface area contributed by atoms with Crippen molar-refractivity contribution in [2.45, 2.75) is 0 Å². The van der Waals surface area contributed by atoms with Crippen molar-refractivity contribution >= 4 is 45.2 Å². The Hall–Kier alpha value is -3.49. The van der Waals surface area contributed by atoms with Crippen molar-refractivity contribution in [2.75, 3.05) is 12.4 Å². The zero-order chi connectivity index (χ0) is 22.3. The molecule has 0 amide bonds. The molecule has 160 valence electrons. The quantitative estimate of drug-likeness (QED) is 0.202. The number of ether oxygens (including phenoxy) is 1. The highest BCUT2D eigenvalue weighted by atomic mass is 79.9. The minimum Gasteiger partial charge on any atom is -0.497 e. The van der Waals surface area contributed by atoms with Crippen LogP contribution >= 0.6 is 28.1 Å². The number of hydrazone groups is 1. The molecule has 4 rings (SSSR count). The number of hydrogen-bond acceptors (Lipinski definition) is 4. The number of thiocarbonyl (C=S) groups is 1. The first kappa shape index (κ1) is 21.7. The van der Waals surface area contributed by atoms with Gasteiger partial charge in [-0.1, -0.05) is 46.3 Å². The molecule has 8 heteroatoms. The zero-order valence-electron chi connectivity index (χ0n) is 17.2. The van der Waals surface area contributed by atoms with Crippen molar-refractivity contribution in [3.05, 3.63) is 95.1 Å². The van der Waals surface area contributed by atoms with E-state index in [0.29, 0.717) is 5.11 Å². The van der Waals surface area contributed by atoms with Crippen molar-refractivity contribution in [1.82, 2.24) is 15.2 Å². The summed E-state index contributed by atoms with van der Waals surface area (Å²) in [6.07, 6.45) is 3.66. The van der Waals surface area contributed by atoms with Crippen LogP contribution in [0.15, 0.2) is 94.6 Å². The van der Waals surface area contributed by atoms with Crippen LogP contribution in [-0.2, 0) is 0 Å². The van der Waals surface area contributed by atoms with E-state index in [-0.39, 0.29) is 0 Å². The summed E-state index contributed by atoms with van der Waals surface area (Å²) in [7, 11) is 1.63. The second-order valence-corrected chi connectivity index (χ2v) is 8.10. The first-order chi connectivity index (χ1) is 15.6. The van der Waals surface area contributed by atoms with E-state index in [1.807, 2.05) is 89.7 Å². The van der Waals surface area contributed by atoms with E-state index in [1.54, 1.807) is 13.3 Å². The molecular formula is C24H20BrN5OS. The van der Waals surface area contributed by atoms with E-state index in [1.165, 1.54) is 0 Å². The van der Waals surface area contributed by atoms with Crippen LogP contribution in [0.5, 0.6) is 5.75 Å². The topological polar surface area (TPSA) is 63.5 Å². The molecule has 0 radical (unpaired) electrons. The number of anilines is 1. The first-order valence-corrected chi connectivity index (χ1v) is 11.0. The Bertz CT molecular complexity index is 1220. The molecule has 0 fully saturated rings. The number of aromatic nitrogens is 2. The van der Waals surface area contributed by atoms with Gasteiger partial charge in [-0.3, -0.25) is 5.43 Å². The molecule has 0 aliphatic carbocycles. The number of nitrogens with one attached hydrogen (secondary N) is 2. The van der Waals surface area contributed by atoms with E-state index in [2.05, 4.69) is 31.8 Å². The Balaban J connectivity index is 1.53. The highest BCUT2D eigenvalue weighted by Crippen LogP contribution is 2.24. The molecule has 0 saturated heterocycles. The molecule has 0 aliphatic rings. The van der Waals surface area contributed by atoms with E-state index in [4.69, 9.17) is 22.1 Å². The summed E-state index contributed by atoms with van der Waals surface area (Å²) in [6, 6.07) is 25.4. The highest BCUT2D eigenvalue weighted by Gasteiger charge is 2.11. The minimum atomic E-state index is 0.382. The molecule has 0 saturated carbocycles. The second kappa shape index (κ2) is 10.2. The van der Waals surface area contributed by atoms with Crippen LogP contribution in [-0.4, -0.2) is 28.2 Å². The lowest BCUT2D eigenvalue weighted by Gasteiger charge is -2.07. The van der Waals surface area contributed by atoms with Gasteiger partial charge in [0.15, 0.2) is 5.11 Å². The normalized spacial score (nSPS) is 10.8. The van der Waals surface area contributed by atoms with Crippen LogP contribution in [0.3, 0.4) is 0 Å². The van der Waals surface area contributed by atoms with Gasteiger partial charge in [0.2, 0.25) is 0 Å². The van der Waals surface area contributed by atoms with Crippen LogP contribution in [0.4, 0.5) is 5.69 Å². The molecule has 32 heavy (non-hydrogen) atoms. The summed E-state index contributed by atoms with van der Waals surface area (Å²) >= 11 is 8.82. The average molecular weight is 506 g/mol. The number of para-hydroxylation sites is 1. The van der Waals surface area contributed by atoms with Gasteiger partial charge in [-0.05, 0) is 60.7 Å². The molecule has 4 aromatic rings. The number of rotatable bonds is 6. The first-order valence-electron chi connectivity index (χ1n) is 9.77. The fraction of sp³-hybridized carbons (Fsp3) is 0.0417. The summed E-state index contributed by atoms with van der Waals surface area (Å²) in [5.41, 5.74) is 7.33. The summed E-state index contributed by atoms with van der Waals surface area (Å²) in [6.45, 7) is 0. The molecule has 3 aromatic carbocycles. The maximum atomic E-state index is 5.34. The molecule has 6 nitrogen and oxygen atoms in total. The number of halogens is 1. The molecule has 1 heterocycles. The molecule has 1 aromatic heterocycles. The van der Waals surface area contributed by atoms with Crippen molar-refractivity contribution in [2.24, 2.45) is 5.10 Å². The number of methoxy groups -OCH3 is 1. The van der Waals surface area contributed by atoms with E-state index in [9.17, 15) is 0 Å². The average Bonchev–Trinajstić information content (AvgIpc) is 3.25. The summed E-state index contributed by atoms with van der Waals surface area (Å²) < 4.78 is 8.02. The lowest BCUT2D eigenvalue weighted by atomic mass is 10.1. The second-order valence-electron chi connectivity index (χ2n) is 6.77. The fourth-order valence-electron chi connectivity index (χ4n) is 3.02. The number of nitrogens with zero attached hydrogens (tertiary/aromatic N) is 3. The van der Waals surface area contributed by atoms with Crippen molar-refractivity contribution in [3.8, 4) is 22.7 Å². The van der Waals surface area contributed by atoms with Gasteiger partial charge in [-0.25, -0.2) is 4.68 Å². The van der Waals surface area contributed by atoms with Crippen LogP contribution in [0.2, 0.25) is 0 Å². The number of benzene rings is 3. The predicted octanol–water partition coefficient (Wildman–Crippen LogP) is 5.63. The molecule has 0 bridgehead atoms. The Morgan fingerprint density at radius 1 is 1.03 bits per heavy atom. The third-order valence-corrected chi connectivity index (χ3v) is 5.32. The van der Waals surface area contributed by atoms with Crippen LogP contribution in [0.25, 0.3) is 16.9 Å². The third kappa shape index (κ3) is 5.40. The van der Waals surface area contributed by atoms with Gasteiger partial charge in [0.05, 0.1) is 19.0 Å². The summed E-state index contributed by atoms with van der Waals surface area (Å²) in [5.74, 6) is 0.781. The van der Waals surface area contributed by atoms with Crippen LogP contribution in [0.1, 0.15) is 5.56 Å². The SMILES string of the molecule is COc1ccc(NC(=S)NN=Cc2cn(-c3ccccc3)nc2-c2ccc(Br)cc2)cc1. The van der Waals surface area contributed by atoms with Gasteiger partial charge >= 0.3 is 0 Å². The van der Waals surface area contributed by atoms with Gasteiger partial charge in [-0.2, -0.15) is 10.2 Å². The van der Waals surface area contributed by atoms with Crippen molar-refractivity contribution in [1.29, 1.82) is 0 Å². The smallest absolute Gasteiger partial charge is 0.191 e. The van der Waals surface area contributed by atoms with Crippen LogP contribution < -0.4 is 15.5 Å². The fourth-order valence-corrected chi connectivity index (χ4v) is 3.46. The lowest BCUT2D eigenvalue weighted by molar-refractivity contribution is 0.415. The number of hydrogen-bond donors (Lipinski definition) is 2. The van der Waals surface area contributed by atoms with Gasteiger partial charge in [-0.15, -0.1) is 0 Å². The minimum absolute atomic E-state index is 0.382. The molecule has 2 N–H and O–H groups in total. The third-order valence-electron chi connectivity index (χ3n) is 4.60. The van der Waals surface area contributed by atoms with Gasteiger partial charge in [0.25, 0.3) is 0 Å². The Morgan fingerprint density at radius 3 is 2.44 bits per heavy atom. The molecule has 0 atom stereocenters. The van der Waals surface area contributed by atoms with Gasteiger partial charge in [0, 0.05) is 27.5 Å². The van der Waals surface area contributed by atoms with Crippen molar-refractivity contribution < 1.29 is 4.74 Å². The zero-order valence-corrected chi connectivity index (χ0v) is 19.6. The van der Waals surface area contributed by atoms with Gasteiger partial charge in [0.1, 0.15) is 11.4 Å². The van der Waals surface area contributed by atoms with E-state index >= 15 is 0 Å². The molecule has 0 unspecified atom stereocenters. The molecular weight excluding hydrogens is 486 g/mol. The Kier molecular flexibility index (Phi) is 6.94. The maximum Gasteiger partial charge on any atom is 0.191 e. The Morgan fingerprint density at radius 2 is 1.75 bits per heavy atom. The summed E-state index contributed by atoms with van der Waals surface area (Å²) in [5, 5.41) is 12.6.